The van der Waals surface area contributed by atoms with Crippen LogP contribution in [0.5, 0.6) is 11.5 Å². The van der Waals surface area contributed by atoms with Gasteiger partial charge in [0.05, 0.1) is 6.04 Å². The predicted molar refractivity (Wildman–Crippen MR) is 103 cm³/mol. The molecule has 0 aromatic heterocycles. The van der Waals surface area contributed by atoms with Crippen LogP contribution in [-0.4, -0.2) is 30.7 Å². The Bertz CT molecular complexity index is 771. The lowest BCUT2D eigenvalue weighted by Crippen LogP contribution is -2.39. The summed E-state index contributed by atoms with van der Waals surface area (Å²) >= 11 is 0. The number of ether oxygens (including phenoxy) is 2. The molecular formula is C21H26N2O3. The second-order valence-corrected chi connectivity index (χ2v) is 7.04. The minimum atomic E-state index is -0.259. The molecule has 0 fully saturated rings. The predicted octanol–water partition coefficient (Wildman–Crippen LogP) is 4.00. The van der Waals surface area contributed by atoms with Gasteiger partial charge in [0.15, 0.2) is 11.5 Å². The molecular weight excluding hydrogens is 328 g/mol. The molecule has 1 atom stereocenters. The number of rotatable bonds is 6. The quantitative estimate of drug-likeness (QED) is 0.852. The summed E-state index contributed by atoms with van der Waals surface area (Å²) in [4.78, 5) is 14.6. The summed E-state index contributed by atoms with van der Waals surface area (Å²) in [6, 6.07) is 13.7. The number of nitrogens with zero attached hydrogens (tertiary/aromatic N) is 1. The Morgan fingerprint density at radius 1 is 1.08 bits per heavy atom. The van der Waals surface area contributed by atoms with E-state index >= 15 is 0 Å². The largest absolute Gasteiger partial charge is 0.454 e. The highest BCUT2D eigenvalue weighted by Crippen LogP contribution is 2.34. The number of amides is 1. The zero-order valence-electron chi connectivity index (χ0n) is 15.8. The first-order chi connectivity index (χ1) is 12.4. The smallest absolute Gasteiger partial charge is 0.241 e. The molecule has 0 bridgehead atoms. The van der Waals surface area contributed by atoms with Crippen molar-refractivity contribution in [2.75, 3.05) is 19.2 Å². The SMILES string of the molecule is CC(C)c1ccc(CN(C)[C@@H](C)C(=O)Nc2ccc3c(c2)OCO3)cc1. The number of likely N-dealkylation sites (N-methyl/N-ethyl adjacent to an activating group) is 1. The molecule has 2 aromatic carbocycles. The summed E-state index contributed by atoms with van der Waals surface area (Å²) in [5.74, 6) is 1.84. The highest BCUT2D eigenvalue weighted by molar-refractivity contribution is 5.94. The highest BCUT2D eigenvalue weighted by Gasteiger charge is 2.20. The Labute approximate surface area is 154 Å². The molecule has 138 valence electrons. The summed E-state index contributed by atoms with van der Waals surface area (Å²) in [6.07, 6.45) is 0. The Morgan fingerprint density at radius 2 is 1.77 bits per heavy atom. The van der Waals surface area contributed by atoms with E-state index in [1.54, 1.807) is 6.07 Å². The molecule has 1 aliphatic rings. The van der Waals surface area contributed by atoms with E-state index in [-0.39, 0.29) is 18.7 Å². The maximum absolute atomic E-state index is 12.6. The van der Waals surface area contributed by atoms with Crippen molar-refractivity contribution in [1.29, 1.82) is 0 Å². The van der Waals surface area contributed by atoms with Gasteiger partial charge in [-0.2, -0.15) is 0 Å². The molecule has 0 radical (unpaired) electrons. The molecule has 5 heteroatoms. The van der Waals surface area contributed by atoms with Crippen LogP contribution in [0.3, 0.4) is 0 Å². The molecule has 0 saturated carbocycles. The van der Waals surface area contributed by atoms with E-state index in [1.807, 2.05) is 31.0 Å². The van der Waals surface area contributed by atoms with Gasteiger partial charge < -0.3 is 14.8 Å². The van der Waals surface area contributed by atoms with Crippen LogP contribution >= 0.6 is 0 Å². The maximum atomic E-state index is 12.6. The first-order valence-corrected chi connectivity index (χ1v) is 8.93. The Hall–Kier alpha value is -2.53. The van der Waals surface area contributed by atoms with Crippen molar-refractivity contribution < 1.29 is 14.3 Å². The number of fused-ring (bicyclic) bond motifs is 1. The molecule has 5 nitrogen and oxygen atoms in total. The average Bonchev–Trinajstić information content (AvgIpc) is 3.09. The molecule has 1 heterocycles. The summed E-state index contributed by atoms with van der Waals surface area (Å²) in [5, 5.41) is 2.95. The van der Waals surface area contributed by atoms with Crippen LogP contribution in [0, 0.1) is 0 Å². The van der Waals surface area contributed by atoms with E-state index < -0.39 is 0 Å². The number of benzene rings is 2. The monoisotopic (exact) mass is 354 g/mol. The van der Waals surface area contributed by atoms with E-state index in [9.17, 15) is 4.79 Å². The molecule has 0 spiro atoms. The van der Waals surface area contributed by atoms with Gasteiger partial charge in [-0.3, -0.25) is 9.69 Å². The lowest BCUT2D eigenvalue weighted by molar-refractivity contribution is -0.120. The second kappa shape index (κ2) is 7.79. The van der Waals surface area contributed by atoms with Gasteiger partial charge in [-0.15, -0.1) is 0 Å². The van der Waals surface area contributed by atoms with Gasteiger partial charge in [-0.25, -0.2) is 0 Å². The number of hydrogen-bond donors (Lipinski definition) is 1. The lowest BCUT2D eigenvalue weighted by Gasteiger charge is -2.24. The van der Waals surface area contributed by atoms with E-state index in [0.29, 0.717) is 29.6 Å². The van der Waals surface area contributed by atoms with Gasteiger partial charge in [0.25, 0.3) is 0 Å². The minimum absolute atomic E-state index is 0.0508. The Balaban J connectivity index is 1.58. The highest BCUT2D eigenvalue weighted by atomic mass is 16.7. The first-order valence-electron chi connectivity index (χ1n) is 8.93. The summed E-state index contributed by atoms with van der Waals surface area (Å²) in [5.41, 5.74) is 3.23. The van der Waals surface area contributed by atoms with E-state index in [0.717, 1.165) is 0 Å². The van der Waals surface area contributed by atoms with E-state index in [1.165, 1.54) is 11.1 Å². The van der Waals surface area contributed by atoms with Crippen LogP contribution < -0.4 is 14.8 Å². The lowest BCUT2D eigenvalue weighted by atomic mass is 10.0. The van der Waals surface area contributed by atoms with Crippen LogP contribution in [-0.2, 0) is 11.3 Å². The fourth-order valence-electron chi connectivity index (χ4n) is 2.85. The summed E-state index contributed by atoms with van der Waals surface area (Å²) < 4.78 is 10.6. The number of hydrogen-bond acceptors (Lipinski definition) is 4. The number of carbonyl (C=O) groups is 1. The topological polar surface area (TPSA) is 50.8 Å². The Kier molecular flexibility index (Phi) is 5.47. The van der Waals surface area contributed by atoms with Crippen LogP contribution in [0.4, 0.5) is 5.69 Å². The van der Waals surface area contributed by atoms with Crippen LogP contribution in [0.25, 0.3) is 0 Å². The van der Waals surface area contributed by atoms with Crippen LogP contribution in [0.15, 0.2) is 42.5 Å². The normalized spacial score (nSPS) is 13.9. The van der Waals surface area contributed by atoms with Crippen molar-refractivity contribution in [2.45, 2.75) is 39.3 Å². The van der Waals surface area contributed by atoms with E-state index in [4.69, 9.17) is 9.47 Å². The van der Waals surface area contributed by atoms with E-state index in [2.05, 4.69) is 43.4 Å². The molecule has 0 unspecified atom stereocenters. The number of anilines is 1. The third-order valence-corrected chi connectivity index (χ3v) is 4.76. The van der Waals surface area contributed by atoms with Crippen molar-refractivity contribution in [2.24, 2.45) is 0 Å². The fraction of sp³-hybridized carbons (Fsp3) is 0.381. The molecule has 3 rings (SSSR count). The van der Waals surface area contributed by atoms with Gasteiger partial charge in [-0.1, -0.05) is 38.1 Å². The van der Waals surface area contributed by atoms with Crippen molar-refractivity contribution in [3.05, 3.63) is 53.6 Å². The number of carbonyl (C=O) groups excluding carboxylic acids is 1. The maximum Gasteiger partial charge on any atom is 0.241 e. The number of nitrogens with one attached hydrogen (secondary N) is 1. The third-order valence-electron chi connectivity index (χ3n) is 4.76. The molecule has 0 saturated heterocycles. The van der Waals surface area contributed by atoms with Crippen LogP contribution in [0.1, 0.15) is 37.8 Å². The molecule has 1 aliphatic heterocycles. The Morgan fingerprint density at radius 3 is 2.46 bits per heavy atom. The minimum Gasteiger partial charge on any atom is -0.454 e. The third kappa shape index (κ3) is 4.17. The molecule has 1 N–H and O–H groups in total. The fourth-order valence-corrected chi connectivity index (χ4v) is 2.85. The standard InChI is InChI=1S/C21H26N2O3/c1-14(2)17-7-5-16(6-8-17)12-23(4)15(3)21(24)22-18-9-10-19-20(11-18)26-13-25-19/h5-11,14-15H,12-13H2,1-4H3,(H,22,24)/t15-/m0/s1. The average molecular weight is 354 g/mol. The van der Waals surface area contributed by atoms with Gasteiger partial charge in [0.1, 0.15) is 0 Å². The van der Waals surface area contributed by atoms with Crippen molar-refractivity contribution in [3.63, 3.8) is 0 Å². The first kappa shape index (κ1) is 18.3. The van der Waals surface area contributed by atoms with Gasteiger partial charge in [0, 0.05) is 18.3 Å². The molecule has 2 aromatic rings. The zero-order valence-corrected chi connectivity index (χ0v) is 15.8. The van der Waals surface area contributed by atoms with Gasteiger partial charge >= 0.3 is 0 Å². The summed E-state index contributed by atoms with van der Waals surface area (Å²) in [7, 11) is 1.96. The molecule has 26 heavy (non-hydrogen) atoms. The zero-order chi connectivity index (χ0) is 18.7. The summed E-state index contributed by atoms with van der Waals surface area (Å²) in [6.45, 7) is 7.22. The molecule has 1 amide bonds. The van der Waals surface area contributed by atoms with Crippen molar-refractivity contribution in [1.82, 2.24) is 4.90 Å². The van der Waals surface area contributed by atoms with Gasteiger partial charge in [-0.05, 0) is 43.1 Å². The van der Waals surface area contributed by atoms with Crippen LogP contribution in [0.2, 0.25) is 0 Å². The molecule has 0 aliphatic carbocycles. The van der Waals surface area contributed by atoms with Gasteiger partial charge in [0.2, 0.25) is 12.7 Å². The van der Waals surface area contributed by atoms with Crippen molar-refractivity contribution in [3.8, 4) is 11.5 Å². The van der Waals surface area contributed by atoms with Crippen molar-refractivity contribution >= 4 is 11.6 Å². The second-order valence-electron chi connectivity index (χ2n) is 7.04.